The Morgan fingerprint density at radius 2 is 1.93 bits per heavy atom. The first kappa shape index (κ1) is 18.6. The van der Waals surface area contributed by atoms with Gasteiger partial charge < -0.3 is 0 Å². The zero-order chi connectivity index (χ0) is 19.0. The van der Waals surface area contributed by atoms with Gasteiger partial charge in [-0.1, -0.05) is 12.5 Å². The molecular formula is C19H23N3O3S2. The van der Waals surface area contributed by atoms with Gasteiger partial charge in [0.2, 0.25) is 10.0 Å². The fraction of sp³-hybridized carbons (Fsp3) is 0.474. The lowest BCUT2D eigenvalue weighted by molar-refractivity contribution is 0.102. The van der Waals surface area contributed by atoms with E-state index in [0.29, 0.717) is 29.3 Å². The molecular weight excluding hydrogens is 382 g/mol. The standard InChI is InChI=1S/C19H23N3O3S2/c1-13-8-9-14(12-17(13)27(24,25)22-10-3-2-4-11-22)18(23)21-19-20-15-6-5-7-16(15)26-19/h8-9,12H,2-7,10-11H2,1H3,(H,20,21,23). The second-order valence-corrected chi connectivity index (χ2v) is 10.1. The molecule has 0 bridgehead atoms. The van der Waals surface area contributed by atoms with Gasteiger partial charge in [0.25, 0.3) is 5.91 Å². The fourth-order valence-electron chi connectivity index (χ4n) is 3.68. The molecule has 1 aliphatic heterocycles. The highest BCUT2D eigenvalue weighted by atomic mass is 32.2. The van der Waals surface area contributed by atoms with E-state index in [1.54, 1.807) is 19.1 Å². The Morgan fingerprint density at radius 1 is 1.15 bits per heavy atom. The van der Waals surface area contributed by atoms with Crippen molar-refractivity contribution in [1.82, 2.24) is 9.29 Å². The number of piperidine rings is 1. The maximum absolute atomic E-state index is 13.0. The fourth-order valence-corrected chi connectivity index (χ4v) is 6.49. The van der Waals surface area contributed by atoms with Gasteiger partial charge in [-0.25, -0.2) is 13.4 Å². The van der Waals surface area contributed by atoms with Crippen LogP contribution in [0.1, 0.15) is 52.2 Å². The number of fused-ring (bicyclic) bond motifs is 1. The first-order chi connectivity index (χ1) is 12.9. The number of hydrogen-bond donors (Lipinski definition) is 1. The molecule has 2 aliphatic rings. The van der Waals surface area contributed by atoms with Crippen LogP contribution in [-0.4, -0.2) is 36.7 Å². The number of carbonyl (C=O) groups is 1. The average molecular weight is 406 g/mol. The Bertz CT molecular complexity index is 955. The highest BCUT2D eigenvalue weighted by Crippen LogP contribution is 2.31. The molecule has 0 saturated carbocycles. The summed E-state index contributed by atoms with van der Waals surface area (Å²) in [6, 6.07) is 4.87. The highest BCUT2D eigenvalue weighted by Gasteiger charge is 2.28. The molecule has 1 N–H and O–H groups in total. The molecule has 27 heavy (non-hydrogen) atoms. The van der Waals surface area contributed by atoms with Crippen molar-refractivity contribution in [3.05, 3.63) is 39.9 Å². The normalized spacial score (nSPS) is 17.7. The minimum atomic E-state index is -3.58. The number of anilines is 1. The monoisotopic (exact) mass is 405 g/mol. The first-order valence-electron chi connectivity index (χ1n) is 9.36. The van der Waals surface area contributed by atoms with E-state index in [0.717, 1.165) is 44.2 Å². The number of benzene rings is 1. The minimum Gasteiger partial charge on any atom is -0.298 e. The second-order valence-electron chi connectivity index (χ2n) is 7.14. The molecule has 1 saturated heterocycles. The molecule has 1 aromatic carbocycles. The minimum absolute atomic E-state index is 0.221. The van der Waals surface area contributed by atoms with Gasteiger partial charge >= 0.3 is 0 Å². The van der Waals surface area contributed by atoms with Crippen molar-refractivity contribution in [2.75, 3.05) is 18.4 Å². The van der Waals surface area contributed by atoms with E-state index >= 15 is 0 Å². The van der Waals surface area contributed by atoms with E-state index in [1.807, 2.05) is 0 Å². The molecule has 6 nitrogen and oxygen atoms in total. The lowest BCUT2D eigenvalue weighted by atomic mass is 10.1. The summed E-state index contributed by atoms with van der Waals surface area (Å²) in [6.45, 7) is 2.86. The number of aryl methyl sites for hydroxylation is 3. The van der Waals surface area contributed by atoms with Crippen molar-refractivity contribution in [2.24, 2.45) is 0 Å². The van der Waals surface area contributed by atoms with Crippen molar-refractivity contribution in [3.8, 4) is 0 Å². The molecule has 4 rings (SSSR count). The molecule has 144 valence electrons. The number of sulfonamides is 1. The van der Waals surface area contributed by atoms with Crippen molar-refractivity contribution < 1.29 is 13.2 Å². The predicted octanol–water partition coefficient (Wildman–Crippen LogP) is 3.37. The zero-order valence-corrected chi connectivity index (χ0v) is 17.0. The molecule has 0 atom stereocenters. The number of aromatic nitrogens is 1. The van der Waals surface area contributed by atoms with E-state index in [-0.39, 0.29) is 10.8 Å². The van der Waals surface area contributed by atoms with Gasteiger partial charge in [0.1, 0.15) is 0 Å². The molecule has 2 aromatic rings. The van der Waals surface area contributed by atoms with E-state index in [1.165, 1.54) is 26.6 Å². The summed E-state index contributed by atoms with van der Waals surface area (Å²) in [5.74, 6) is -0.322. The second kappa shape index (κ2) is 7.33. The van der Waals surface area contributed by atoms with Crippen LogP contribution in [0.3, 0.4) is 0 Å². The van der Waals surface area contributed by atoms with E-state index in [2.05, 4.69) is 10.3 Å². The SMILES string of the molecule is Cc1ccc(C(=O)Nc2nc3c(s2)CCC3)cc1S(=O)(=O)N1CCCCC1. The molecule has 8 heteroatoms. The molecule has 2 heterocycles. The molecule has 1 amide bonds. The van der Waals surface area contributed by atoms with Gasteiger partial charge in [-0.15, -0.1) is 11.3 Å². The number of nitrogens with zero attached hydrogens (tertiary/aromatic N) is 2. The third-order valence-corrected chi connectivity index (χ3v) is 8.31. The third kappa shape index (κ3) is 3.66. The summed E-state index contributed by atoms with van der Waals surface area (Å²) in [5.41, 5.74) is 2.07. The Kier molecular flexibility index (Phi) is 5.05. The van der Waals surface area contributed by atoms with Crippen molar-refractivity contribution in [3.63, 3.8) is 0 Å². The lowest BCUT2D eigenvalue weighted by Gasteiger charge is -2.26. The summed E-state index contributed by atoms with van der Waals surface area (Å²) < 4.78 is 27.6. The lowest BCUT2D eigenvalue weighted by Crippen LogP contribution is -2.36. The summed E-state index contributed by atoms with van der Waals surface area (Å²) >= 11 is 1.51. The number of amides is 1. The van der Waals surface area contributed by atoms with Crippen LogP contribution in [0.15, 0.2) is 23.1 Å². The van der Waals surface area contributed by atoms with Crippen molar-refractivity contribution in [2.45, 2.75) is 50.3 Å². The largest absolute Gasteiger partial charge is 0.298 e. The Balaban J connectivity index is 1.58. The van der Waals surface area contributed by atoms with Crippen LogP contribution in [0.2, 0.25) is 0 Å². The summed E-state index contributed by atoms with van der Waals surface area (Å²) in [7, 11) is -3.58. The maximum atomic E-state index is 13.0. The maximum Gasteiger partial charge on any atom is 0.257 e. The Morgan fingerprint density at radius 3 is 2.67 bits per heavy atom. The van der Waals surface area contributed by atoms with Crippen LogP contribution in [0.5, 0.6) is 0 Å². The van der Waals surface area contributed by atoms with Gasteiger partial charge in [0.15, 0.2) is 5.13 Å². The van der Waals surface area contributed by atoms with Crippen molar-refractivity contribution in [1.29, 1.82) is 0 Å². The predicted molar refractivity (Wildman–Crippen MR) is 106 cm³/mol. The molecule has 1 aliphatic carbocycles. The van der Waals surface area contributed by atoms with Gasteiger partial charge in [-0.05, 0) is 56.7 Å². The summed E-state index contributed by atoms with van der Waals surface area (Å²) in [4.78, 5) is 18.6. The van der Waals surface area contributed by atoms with Gasteiger partial charge in [0.05, 0.1) is 10.6 Å². The van der Waals surface area contributed by atoms with Crippen LogP contribution < -0.4 is 5.32 Å². The molecule has 0 radical (unpaired) electrons. The Labute approximate surface area is 163 Å². The zero-order valence-electron chi connectivity index (χ0n) is 15.3. The van der Waals surface area contributed by atoms with Gasteiger partial charge in [-0.3, -0.25) is 10.1 Å². The quantitative estimate of drug-likeness (QED) is 0.846. The number of carbonyl (C=O) groups excluding carboxylic acids is 1. The smallest absolute Gasteiger partial charge is 0.257 e. The van der Waals surface area contributed by atoms with E-state index < -0.39 is 10.0 Å². The number of thiazole rings is 1. The van der Waals surface area contributed by atoms with Crippen LogP contribution in [0.25, 0.3) is 0 Å². The number of hydrogen-bond acceptors (Lipinski definition) is 5. The number of nitrogens with one attached hydrogen (secondary N) is 1. The van der Waals surface area contributed by atoms with Gasteiger partial charge in [-0.2, -0.15) is 4.31 Å². The van der Waals surface area contributed by atoms with Crippen LogP contribution in [-0.2, 0) is 22.9 Å². The van der Waals surface area contributed by atoms with Gasteiger partial charge in [0, 0.05) is 23.5 Å². The first-order valence-corrected chi connectivity index (χ1v) is 11.6. The summed E-state index contributed by atoms with van der Waals surface area (Å²) in [5, 5.41) is 3.41. The Hall–Kier alpha value is -1.77. The molecule has 1 aromatic heterocycles. The highest BCUT2D eigenvalue weighted by molar-refractivity contribution is 7.89. The molecule has 0 unspecified atom stereocenters. The molecule has 0 spiro atoms. The number of rotatable bonds is 4. The topological polar surface area (TPSA) is 79.4 Å². The van der Waals surface area contributed by atoms with Crippen molar-refractivity contribution >= 4 is 32.4 Å². The van der Waals surface area contributed by atoms with E-state index in [9.17, 15) is 13.2 Å². The van der Waals surface area contributed by atoms with Crippen LogP contribution >= 0.6 is 11.3 Å². The van der Waals surface area contributed by atoms with Crippen LogP contribution in [0, 0.1) is 6.92 Å². The van der Waals surface area contributed by atoms with Crippen LogP contribution in [0.4, 0.5) is 5.13 Å². The van der Waals surface area contributed by atoms with E-state index in [4.69, 9.17) is 0 Å². The average Bonchev–Trinajstić information content (AvgIpc) is 3.24. The molecule has 1 fully saturated rings. The third-order valence-electron chi connectivity index (χ3n) is 5.20. The summed E-state index contributed by atoms with van der Waals surface area (Å²) in [6.07, 6.45) is 5.93.